The van der Waals surface area contributed by atoms with Crippen molar-refractivity contribution < 1.29 is 19.2 Å². The molecule has 1 saturated carbocycles. The lowest BCUT2D eigenvalue weighted by Gasteiger charge is -2.16. The Morgan fingerprint density at radius 2 is 2.08 bits per heavy atom. The van der Waals surface area contributed by atoms with E-state index in [-0.39, 0.29) is 22.7 Å². The largest absolute Gasteiger partial charge is 0.449 e. The first-order valence-electron chi connectivity index (χ1n) is 8.00. The summed E-state index contributed by atoms with van der Waals surface area (Å²) in [7, 11) is 0. The molecule has 0 aromatic heterocycles. The molecule has 1 aliphatic rings. The number of ether oxygens (including phenoxy) is 1. The molecule has 1 amide bonds. The third kappa shape index (κ3) is 5.56. The van der Waals surface area contributed by atoms with Crippen LogP contribution in [0.2, 0.25) is 5.02 Å². The van der Waals surface area contributed by atoms with E-state index >= 15 is 0 Å². The minimum atomic E-state index is -0.905. The van der Waals surface area contributed by atoms with Crippen molar-refractivity contribution in [1.82, 2.24) is 5.32 Å². The van der Waals surface area contributed by atoms with Gasteiger partial charge in [-0.1, -0.05) is 30.5 Å². The highest BCUT2D eigenvalue weighted by Gasteiger charge is 2.22. The monoisotopic (exact) mass is 366 g/mol. The van der Waals surface area contributed by atoms with E-state index in [1.807, 2.05) is 0 Å². The van der Waals surface area contributed by atoms with E-state index in [0.717, 1.165) is 31.8 Å². The van der Waals surface area contributed by atoms with Gasteiger partial charge < -0.3 is 10.1 Å². The topological polar surface area (TPSA) is 98.5 Å². The molecule has 1 aromatic rings. The zero-order valence-electron chi connectivity index (χ0n) is 13.7. The van der Waals surface area contributed by atoms with Crippen molar-refractivity contribution in [2.24, 2.45) is 0 Å². The summed E-state index contributed by atoms with van der Waals surface area (Å²) in [6, 6.07) is 4.32. The summed E-state index contributed by atoms with van der Waals surface area (Å²) in [5.41, 5.74) is 0.178. The van der Waals surface area contributed by atoms with Gasteiger partial charge in [0.05, 0.1) is 4.92 Å². The smallest absolute Gasteiger partial charge is 0.331 e. The third-order valence-corrected chi connectivity index (χ3v) is 4.26. The van der Waals surface area contributed by atoms with Gasteiger partial charge in [-0.25, -0.2) is 4.79 Å². The standard InChI is InChI=1S/C17H19ClN2O5/c1-11(17(22)19-13-4-2-3-5-13)25-16(21)9-7-12-6-8-14(18)15(10-12)20(23)24/h6-11,13H,2-5H2,1H3,(H,19,22)/b9-7+. The van der Waals surface area contributed by atoms with Gasteiger partial charge in [-0.3, -0.25) is 14.9 Å². The van der Waals surface area contributed by atoms with Crippen LogP contribution in [0.3, 0.4) is 0 Å². The minimum Gasteiger partial charge on any atom is -0.449 e. The van der Waals surface area contributed by atoms with Gasteiger partial charge in [0.25, 0.3) is 11.6 Å². The molecule has 134 valence electrons. The first-order valence-corrected chi connectivity index (χ1v) is 8.37. The average molecular weight is 367 g/mol. The van der Waals surface area contributed by atoms with Crippen molar-refractivity contribution in [3.63, 3.8) is 0 Å². The molecule has 1 aromatic carbocycles. The van der Waals surface area contributed by atoms with Gasteiger partial charge in [0.1, 0.15) is 5.02 Å². The van der Waals surface area contributed by atoms with E-state index in [0.29, 0.717) is 5.56 Å². The summed E-state index contributed by atoms with van der Waals surface area (Å²) in [6.45, 7) is 1.50. The molecular formula is C17H19ClN2O5. The maximum absolute atomic E-state index is 12.0. The number of hydrogen-bond donors (Lipinski definition) is 1. The molecule has 0 bridgehead atoms. The summed E-state index contributed by atoms with van der Waals surface area (Å²) >= 11 is 5.73. The van der Waals surface area contributed by atoms with Gasteiger partial charge in [-0.15, -0.1) is 0 Å². The Hall–Kier alpha value is -2.41. The van der Waals surface area contributed by atoms with Gasteiger partial charge >= 0.3 is 5.97 Å². The van der Waals surface area contributed by atoms with E-state index in [4.69, 9.17) is 16.3 Å². The summed E-state index contributed by atoms with van der Waals surface area (Å²) in [4.78, 5) is 34.0. The first-order chi connectivity index (χ1) is 11.9. The van der Waals surface area contributed by atoms with Crippen molar-refractivity contribution in [1.29, 1.82) is 0 Å². The number of rotatable bonds is 6. The number of benzene rings is 1. The number of carbonyl (C=O) groups is 2. The van der Waals surface area contributed by atoms with Gasteiger partial charge in [-0.05, 0) is 37.5 Å². The Morgan fingerprint density at radius 3 is 2.72 bits per heavy atom. The summed E-state index contributed by atoms with van der Waals surface area (Å²) in [5.74, 6) is -1.03. The number of esters is 1. The summed E-state index contributed by atoms with van der Waals surface area (Å²) in [6.07, 6.45) is 5.66. The highest BCUT2D eigenvalue weighted by atomic mass is 35.5. The Balaban J connectivity index is 1.90. The Morgan fingerprint density at radius 1 is 1.40 bits per heavy atom. The summed E-state index contributed by atoms with van der Waals surface area (Å²) < 4.78 is 5.05. The minimum absolute atomic E-state index is 0.0157. The number of amides is 1. The van der Waals surface area contributed by atoms with Crippen LogP contribution in [0.1, 0.15) is 38.2 Å². The molecule has 1 N–H and O–H groups in total. The molecule has 0 heterocycles. The normalized spacial score (nSPS) is 15.9. The number of hydrogen-bond acceptors (Lipinski definition) is 5. The number of carbonyl (C=O) groups excluding carboxylic acids is 2. The van der Waals surface area contributed by atoms with E-state index in [1.165, 1.54) is 31.2 Å². The number of nitro groups is 1. The van der Waals surface area contributed by atoms with E-state index in [2.05, 4.69) is 5.32 Å². The highest BCUT2D eigenvalue weighted by Crippen LogP contribution is 2.25. The van der Waals surface area contributed by atoms with E-state index in [1.54, 1.807) is 0 Å². The maximum Gasteiger partial charge on any atom is 0.331 e. The van der Waals surface area contributed by atoms with Crippen molar-refractivity contribution >= 4 is 35.2 Å². The van der Waals surface area contributed by atoms with Crippen molar-refractivity contribution in [3.05, 3.63) is 45.0 Å². The molecule has 1 fully saturated rings. The van der Waals surface area contributed by atoms with Gasteiger partial charge in [-0.2, -0.15) is 0 Å². The second-order valence-electron chi connectivity index (χ2n) is 5.87. The number of nitrogens with one attached hydrogen (secondary N) is 1. The molecule has 1 aliphatic carbocycles. The van der Waals surface area contributed by atoms with Gasteiger partial charge in [0.15, 0.2) is 6.10 Å². The number of nitrogens with zero attached hydrogens (tertiary/aromatic N) is 1. The van der Waals surface area contributed by atoms with E-state index in [9.17, 15) is 19.7 Å². The van der Waals surface area contributed by atoms with E-state index < -0.39 is 17.0 Å². The Kier molecular flexibility index (Phi) is 6.52. The molecule has 0 aliphatic heterocycles. The molecule has 0 radical (unpaired) electrons. The SMILES string of the molecule is CC(OC(=O)/C=C/c1ccc(Cl)c([N+](=O)[O-])c1)C(=O)NC1CCCC1. The molecule has 1 atom stereocenters. The lowest BCUT2D eigenvalue weighted by molar-refractivity contribution is -0.384. The predicted molar refractivity (Wildman–Crippen MR) is 93.1 cm³/mol. The van der Waals surface area contributed by atoms with Gasteiger partial charge in [0.2, 0.25) is 0 Å². The van der Waals surface area contributed by atoms with Crippen molar-refractivity contribution in [3.8, 4) is 0 Å². The molecule has 1 unspecified atom stereocenters. The Labute approximate surface area is 150 Å². The van der Waals surface area contributed by atoms with Crippen LogP contribution in [0, 0.1) is 10.1 Å². The maximum atomic E-state index is 12.0. The zero-order valence-corrected chi connectivity index (χ0v) is 14.5. The van der Waals surface area contributed by atoms with Crippen molar-refractivity contribution in [2.45, 2.75) is 44.8 Å². The fourth-order valence-corrected chi connectivity index (χ4v) is 2.78. The van der Waals surface area contributed by atoms with Crippen LogP contribution in [0.5, 0.6) is 0 Å². The highest BCUT2D eigenvalue weighted by molar-refractivity contribution is 6.32. The number of halogens is 1. The van der Waals surface area contributed by atoms with Crippen LogP contribution in [0.15, 0.2) is 24.3 Å². The van der Waals surface area contributed by atoms with Crippen LogP contribution >= 0.6 is 11.6 Å². The van der Waals surface area contributed by atoms with Crippen LogP contribution in [-0.4, -0.2) is 28.9 Å². The van der Waals surface area contributed by atoms with Crippen LogP contribution in [0.25, 0.3) is 6.08 Å². The molecular weight excluding hydrogens is 348 g/mol. The second-order valence-corrected chi connectivity index (χ2v) is 6.28. The third-order valence-electron chi connectivity index (χ3n) is 3.94. The molecule has 8 heteroatoms. The number of nitro benzene ring substituents is 1. The van der Waals surface area contributed by atoms with Crippen molar-refractivity contribution in [2.75, 3.05) is 0 Å². The predicted octanol–water partition coefficient (Wildman–Crippen LogP) is 3.25. The molecule has 7 nitrogen and oxygen atoms in total. The molecule has 0 spiro atoms. The van der Waals surface area contributed by atoms with Gasteiger partial charge in [0, 0.05) is 18.2 Å². The Bertz CT molecular complexity index is 698. The quantitative estimate of drug-likeness (QED) is 0.360. The van der Waals surface area contributed by atoms with Crippen LogP contribution in [0.4, 0.5) is 5.69 Å². The summed E-state index contributed by atoms with van der Waals surface area (Å²) in [5, 5.41) is 13.7. The fraction of sp³-hybridized carbons (Fsp3) is 0.412. The molecule has 0 saturated heterocycles. The van der Waals surface area contributed by atoms with Crippen LogP contribution < -0.4 is 5.32 Å². The zero-order chi connectivity index (χ0) is 18.4. The lowest BCUT2D eigenvalue weighted by atomic mass is 10.2. The first kappa shape index (κ1) is 18.9. The second kappa shape index (κ2) is 8.62. The lowest BCUT2D eigenvalue weighted by Crippen LogP contribution is -2.40. The molecule has 2 rings (SSSR count). The van der Waals surface area contributed by atoms with Crippen LogP contribution in [-0.2, 0) is 14.3 Å². The fourth-order valence-electron chi connectivity index (χ4n) is 2.59. The average Bonchev–Trinajstić information content (AvgIpc) is 3.06. The molecule has 25 heavy (non-hydrogen) atoms.